The number of halogens is 1. The molecule has 104 valence electrons. The van der Waals surface area contributed by atoms with Gasteiger partial charge < -0.3 is 14.8 Å². The lowest BCUT2D eigenvalue weighted by Crippen LogP contribution is -2.14. The van der Waals surface area contributed by atoms with Crippen LogP contribution in [-0.2, 0) is 0 Å². The van der Waals surface area contributed by atoms with E-state index in [-0.39, 0.29) is 5.91 Å². The fraction of sp³-hybridized carbons (Fsp3) is 0.143. The number of hydrogen-bond acceptors (Lipinski definition) is 4. The van der Waals surface area contributed by atoms with Crippen molar-refractivity contribution in [1.82, 2.24) is 4.98 Å². The molecule has 0 aliphatic heterocycles. The molecule has 0 aliphatic carbocycles. The zero-order valence-corrected chi connectivity index (χ0v) is 11.8. The molecular formula is C14H13ClN2O3. The predicted octanol–water partition coefficient (Wildman–Crippen LogP) is 3.00. The summed E-state index contributed by atoms with van der Waals surface area (Å²) in [7, 11) is 3.04. The minimum atomic E-state index is -0.334. The summed E-state index contributed by atoms with van der Waals surface area (Å²) in [6.45, 7) is 0. The number of pyridine rings is 1. The minimum Gasteiger partial charge on any atom is -0.497 e. The zero-order chi connectivity index (χ0) is 14.5. The van der Waals surface area contributed by atoms with E-state index in [9.17, 15) is 4.79 Å². The molecule has 0 aliphatic rings. The van der Waals surface area contributed by atoms with E-state index in [1.165, 1.54) is 13.3 Å². The van der Waals surface area contributed by atoms with Crippen molar-refractivity contribution in [3.63, 3.8) is 0 Å². The Morgan fingerprint density at radius 1 is 1.20 bits per heavy atom. The molecule has 1 aromatic heterocycles. The Morgan fingerprint density at radius 3 is 2.65 bits per heavy atom. The van der Waals surface area contributed by atoms with E-state index in [0.29, 0.717) is 27.9 Å². The number of benzene rings is 1. The van der Waals surface area contributed by atoms with Crippen molar-refractivity contribution in [2.75, 3.05) is 19.5 Å². The van der Waals surface area contributed by atoms with Gasteiger partial charge in [0.25, 0.3) is 5.91 Å². The summed E-state index contributed by atoms with van der Waals surface area (Å²) in [6, 6.07) is 8.14. The first-order chi connectivity index (χ1) is 9.63. The molecule has 0 saturated heterocycles. The quantitative estimate of drug-likeness (QED) is 0.941. The lowest BCUT2D eigenvalue weighted by Gasteiger charge is -2.10. The molecule has 0 saturated carbocycles. The van der Waals surface area contributed by atoms with Crippen LogP contribution in [-0.4, -0.2) is 25.1 Å². The van der Waals surface area contributed by atoms with Crippen LogP contribution >= 0.6 is 11.6 Å². The van der Waals surface area contributed by atoms with Crippen LogP contribution in [0.2, 0.25) is 5.02 Å². The number of carbonyl (C=O) groups is 1. The van der Waals surface area contributed by atoms with Crippen LogP contribution in [0.3, 0.4) is 0 Å². The SMILES string of the molecule is COc1ccc(C(=O)Nc2cc(Cl)ccn2)c(OC)c1. The van der Waals surface area contributed by atoms with Crippen LogP contribution in [0.15, 0.2) is 36.5 Å². The summed E-state index contributed by atoms with van der Waals surface area (Å²) in [6.07, 6.45) is 1.52. The number of ether oxygens (including phenoxy) is 2. The first kappa shape index (κ1) is 14.1. The Bertz CT molecular complexity index is 632. The van der Waals surface area contributed by atoms with E-state index < -0.39 is 0 Å². The highest BCUT2D eigenvalue weighted by Crippen LogP contribution is 2.25. The molecule has 0 unspecified atom stereocenters. The molecule has 0 radical (unpaired) electrons. The zero-order valence-electron chi connectivity index (χ0n) is 11.0. The van der Waals surface area contributed by atoms with Crippen LogP contribution in [0, 0.1) is 0 Å². The Labute approximate surface area is 121 Å². The van der Waals surface area contributed by atoms with Crippen molar-refractivity contribution in [1.29, 1.82) is 0 Å². The summed E-state index contributed by atoms with van der Waals surface area (Å²) in [5, 5.41) is 3.15. The molecule has 0 bridgehead atoms. The van der Waals surface area contributed by atoms with Crippen LogP contribution in [0.25, 0.3) is 0 Å². The molecule has 6 heteroatoms. The van der Waals surface area contributed by atoms with Gasteiger partial charge in [0.1, 0.15) is 17.3 Å². The van der Waals surface area contributed by atoms with Gasteiger partial charge in [-0.15, -0.1) is 0 Å². The number of methoxy groups -OCH3 is 2. The summed E-state index contributed by atoms with van der Waals surface area (Å²) < 4.78 is 10.3. The van der Waals surface area contributed by atoms with Crippen molar-refractivity contribution >= 4 is 23.3 Å². The number of rotatable bonds is 4. The van der Waals surface area contributed by atoms with Crippen molar-refractivity contribution in [3.05, 3.63) is 47.1 Å². The number of aromatic nitrogens is 1. The van der Waals surface area contributed by atoms with Crippen LogP contribution in [0.4, 0.5) is 5.82 Å². The van der Waals surface area contributed by atoms with Gasteiger partial charge in [-0.1, -0.05) is 11.6 Å². The van der Waals surface area contributed by atoms with Gasteiger partial charge in [-0.3, -0.25) is 4.79 Å². The molecule has 1 aromatic carbocycles. The maximum absolute atomic E-state index is 12.2. The van der Waals surface area contributed by atoms with Crippen LogP contribution in [0.1, 0.15) is 10.4 Å². The van der Waals surface area contributed by atoms with Gasteiger partial charge in [-0.25, -0.2) is 4.98 Å². The molecular weight excluding hydrogens is 280 g/mol. The normalized spacial score (nSPS) is 9.95. The van der Waals surface area contributed by atoms with Crippen molar-refractivity contribution in [3.8, 4) is 11.5 Å². The van der Waals surface area contributed by atoms with Gasteiger partial charge in [0, 0.05) is 17.3 Å². The van der Waals surface area contributed by atoms with E-state index in [1.807, 2.05) is 0 Å². The number of anilines is 1. The molecule has 1 heterocycles. The van der Waals surface area contributed by atoms with Crippen molar-refractivity contribution < 1.29 is 14.3 Å². The second-order valence-electron chi connectivity index (χ2n) is 3.88. The maximum Gasteiger partial charge on any atom is 0.260 e. The van der Waals surface area contributed by atoms with E-state index >= 15 is 0 Å². The van der Waals surface area contributed by atoms with Crippen molar-refractivity contribution in [2.24, 2.45) is 0 Å². The number of hydrogen-bond donors (Lipinski definition) is 1. The van der Waals surface area contributed by atoms with Gasteiger partial charge >= 0.3 is 0 Å². The Kier molecular flexibility index (Phi) is 4.42. The highest BCUT2D eigenvalue weighted by Gasteiger charge is 2.14. The predicted molar refractivity (Wildman–Crippen MR) is 76.7 cm³/mol. The lowest BCUT2D eigenvalue weighted by molar-refractivity contribution is 0.102. The summed E-state index contributed by atoms with van der Waals surface area (Å²) in [5.74, 6) is 1.07. The van der Waals surface area contributed by atoms with Gasteiger partial charge in [0.2, 0.25) is 0 Å². The first-order valence-corrected chi connectivity index (χ1v) is 6.17. The third-order valence-electron chi connectivity index (χ3n) is 2.62. The standard InChI is InChI=1S/C14H13ClN2O3/c1-19-10-3-4-11(12(8-10)20-2)14(18)17-13-7-9(15)5-6-16-13/h3-8H,1-2H3,(H,16,17,18). The monoisotopic (exact) mass is 292 g/mol. The summed E-state index contributed by atoms with van der Waals surface area (Å²) in [4.78, 5) is 16.2. The fourth-order valence-electron chi connectivity index (χ4n) is 1.64. The van der Waals surface area contributed by atoms with Gasteiger partial charge in [-0.05, 0) is 24.3 Å². The first-order valence-electron chi connectivity index (χ1n) is 5.79. The van der Waals surface area contributed by atoms with Crippen molar-refractivity contribution in [2.45, 2.75) is 0 Å². The highest BCUT2D eigenvalue weighted by molar-refractivity contribution is 6.30. The Hall–Kier alpha value is -2.27. The number of nitrogens with one attached hydrogen (secondary N) is 1. The van der Waals surface area contributed by atoms with E-state index in [0.717, 1.165) is 0 Å². The highest BCUT2D eigenvalue weighted by atomic mass is 35.5. The smallest absolute Gasteiger partial charge is 0.260 e. The van der Waals surface area contributed by atoms with Crippen LogP contribution in [0.5, 0.6) is 11.5 Å². The largest absolute Gasteiger partial charge is 0.497 e. The van der Waals surface area contributed by atoms with Crippen LogP contribution < -0.4 is 14.8 Å². The second-order valence-corrected chi connectivity index (χ2v) is 4.32. The number of amides is 1. The molecule has 2 rings (SSSR count). The molecule has 5 nitrogen and oxygen atoms in total. The molecule has 0 spiro atoms. The van der Waals surface area contributed by atoms with Gasteiger partial charge in [-0.2, -0.15) is 0 Å². The Balaban J connectivity index is 2.25. The molecule has 0 atom stereocenters. The second kappa shape index (κ2) is 6.25. The topological polar surface area (TPSA) is 60.5 Å². The number of carbonyl (C=O) groups excluding carboxylic acids is 1. The summed E-state index contributed by atoms with van der Waals surface area (Å²) >= 11 is 5.84. The lowest BCUT2D eigenvalue weighted by atomic mass is 10.1. The Morgan fingerprint density at radius 2 is 2.00 bits per heavy atom. The minimum absolute atomic E-state index is 0.334. The van der Waals surface area contributed by atoms with Gasteiger partial charge in [0.05, 0.1) is 19.8 Å². The summed E-state index contributed by atoms with van der Waals surface area (Å²) in [5.41, 5.74) is 0.384. The molecule has 2 aromatic rings. The molecule has 0 fully saturated rings. The van der Waals surface area contributed by atoms with E-state index in [4.69, 9.17) is 21.1 Å². The fourth-order valence-corrected chi connectivity index (χ4v) is 1.80. The molecule has 1 amide bonds. The maximum atomic E-state index is 12.2. The van der Waals surface area contributed by atoms with E-state index in [2.05, 4.69) is 10.3 Å². The third-order valence-corrected chi connectivity index (χ3v) is 2.85. The third kappa shape index (κ3) is 3.19. The average Bonchev–Trinajstić information content (AvgIpc) is 2.46. The number of nitrogens with zero attached hydrogens (tertiary/aromatic N) is 1. The molecule has 1 N–H and O–H groups in total. The van der Waals surface area contributed by atoms with Gasteiger partial charge in [0.15, 0.2) is 0 Å². The molecule has 20 heavy (non-hydrogen) atoms. The average molecular weight is 293 g/mol. The van der Waals surface area contributed by atoms with E-state index in [1.54, 1.807) is 37.4 Å².